The Bertz CT molecular complexity index is 1770. The molecule has 0 saturated heterocycles. The summed E-state index contributed by atoms with van der Waals surface area (Å²) in [5.74, 6) is -3.64. The number of nitrogen functional groups attached to an aromatic ring is 6. The lowest BCUT2D eigenvalue weighted by molar-refractivity contribution is 0.0990. The predicted octanol–water partition coefficient (Wildman–Crippen LogP) is -1.27. The molecule has 0 aliphatic carbocycles. The van der Waals surface area contributed by atoms with E-state index in [1.807, 2.05) is 0 Å². The molecular formula is C29H41Cl3N20O3. The molecule has 2 aromatic heterocycles. The van der Waals surface area contributed by atoms with Crippen molar-refractivity contribution >= 4 is 105 Å². The fourth-order valence-electron chi connectivity index (χ4n) is 4.50. The number of benzene rings is 1. The van der Waals surface area contributed by atoms with Crippen molar-refractivity contribution in [2.75, 3.05) is 73.7 Å². The molecule has 1 aromatic carbocycles. The maximum atomic E-state index is 12.6. The summed E-state index contributed by atoms with van der Waals surface area (Å²) in [7, 11) is 0. The number of nitrogens with one attached hydrogen (secondary N) is 3. The minimum atomic E-state index is -0.859. The molecule has 0 aliphatic rings. The Kier molecular flexibility index (Phi) is 16.0. The lowest BCUT2D eigenvalue weighted by Gasteiger charge is -2.23. The van der Waals surface area contributed by atoms with Gasteiger partial charge in [-0.2, -0.15) is 15.0 Å². The molecule has 3 rings (SSSR count). The zero-order valence-corrected chi connectivity index (χ0v) is 31.4. The number of carbonyl (C=O) groups is 3. The number of guanidine groups is 3. The first kappa shape index (κ1) is 43.2. The number of nitrogens with two attached hydrogens (primary N) is 9. The Morgan fingerprint density at radius 1 is 0.564 bits per heavy atom. The summed E-state index contributed by atoms with van der Waals surface area (Å²) in [6.45, 7) is 2.74. The van der Waals surface area contributed by atoms with E-state index in [-0.39, 0.29) is 84.8 Å². The number of rotatable bonds is 15. The summed E-state index contributed by atoms with van der Waals surface area (Å²) in [6, 6.07) is 2.69. The van der Waals surface area contributed by atoms with Crippen LogP contribution in [0, 0.1) is 0 Å². The zero-order chi connectivity index (χ0) is 40.8. The fourth-order valence-corrected chi connectivity index (χ4v) is 4.91. The van der Waals surface area contributed by atoms with Gasteiger partial charge in [0.1, 0.15) is 0 Å². The summed E-state index contributed by atoms with van der Waals surface area (Å²) in [5.41, 5.74) is 51.6. The molecule has 23 nitrogen and oxygen atoms in total. The number of hydrogen-bond donors (Lipinski definition) is 12. The van der Waals surface area contributed by atoms with Crippen molar-refractivity contribution in [3.8, 4) is 0 Å². The average molecular weight is 824 g/mol. The molecule has 55 heavy (non-hydrogen) atoms. The number of anilines is 6. The van der Waals surface area contributed by atoms with Crippen molar-refractivity contribution in [1.29, 1.82) is 0 Å². The second kappa shape index (κ2) is 20.3. The minimum absolute atomic E-state index is 0.0577. The topological polar surface area (TPSA) is 413 Å². The highest BCUT2D eigenvalue weighted by atomic mass is 35.5. The summed E-state index contributed by atoms with van der Waals surface area (Å²) in [6.07, 6.45) is 1.71. The number of halogens is 3. The SMILES string of the molecule is N/C(=N\C(=O)c1cc(Cl)c(N)cc1N)NCCCN(CCCN/C(N)=N/C(=O)c1nc(Cl)c(N)nc1N)CCCN/C(N)=N/C(=O)c1nc(Cl)c(N)nc1N. The highest BCUT2D eigenvalue weighted by Crippen LogP contribution is 2.26. The van der Waals surface area contributed by atoms with E-state index >= 15 is 0 Å². The van der Waals surface area contributed by atoms with Gasteiger partial charge in [0.15, 0.2) is 62.8 Å². The summed E-state index contributed by atoms with van der Waals surface area (Å²) in [4.78, 5) is 66.2. The van der Waals surface area contributed by atoms with Crippen LogP contribution in [-0.2, 0) is 0 Å². The van der Waals surface area contributed by atoms with Gasteiger partial charge in [-0.15, -0.1) is 0 Å². The minimum Gasteiger partial charge on any atom is -0.398 e. The summed E-state index contributed by atoms with van der Waals surface area (Å²) < 4.78 is 0. The van der Waals surface area contributed by atoms with Gasteiger partial charge < -0.3 is 72.5 Å². The van der Waals surface area contributed by atoms with Crippen molar-refractivity contribution in [1.82, 2.24) is 40.8 Å². The molecule has 3 amide bonds. The Morgan fingerprint density at radius 2 is 0.945 bits per heavy atom. The average Bonchev–Trinajstić information content (AvgIpc) is 3.10. The van der Waals surface area contributed by atoms with Gasteiger partial charge in [-0.25, -0.2) is 19.9 Å². The molecule has 26 heteroatoms. The van der Waals surface area contributed by atoms with Gasteiger partial charge in [-0.3, -0.25) is 14.4 Å². The van der Waals surface area contributed by atoms with Gasteiger partial charge >= 0.3 is 11.8 Å². The number of carbonyl (C=O) groups excluding carboxylic acids is 3. The van der Waals surface area contributed by atoms with Crippen LogP contribution >= 0.6 is 34.8 Å². The van der Waals surface area contributed by atoms with E-state index in [9.17, 15) is 14.4 Å². The number of nitrogens with zero attached hydrogens (tertiary/aromatic N) is 8. The molecule has 0 fully saturated rings. The van der Waals surface area contributed by atoms with E-state index in [2.05, 4.69) is 55.8 Å². The van der Waals surface area contributed by atoms with Crippen molar-refractivity contribution in [3.63, 3.8) is 0 Å². The summed E-state index contributed by atoms with van der Waals surface area (Å²) in [5, 5.41) is 8.36. The number of amides is 3. The third-order valence-corrected chi connectivity index (χ3v) is 8.04. The van der Waals surface area contributed by atoms with Crippen LogP contribution in [0.1, 0.15) is 50.6 Å². The van der Waals surface area contributed by atoms with Crippen LogP contribution < -0.4 is 67.6 Å². The Hall–Kier alpha value is -6.17. The summed E-state index contributed by atoms with van der Waals surface area (Å²) >= 11 is 17.7. The lowest BCUT2D eigenvalue weighted by Crippen LogP contribution is -2.38. The van der Waals surface area contributed by atoms with Crippen molar-refractivity contribution in [2.45, 2.75) is 19.3 Å². The zero-order valence-electron chi connectivity index (χ0n) is 29.2. The molecule has 0 saturated carbocycles. The number of hydrogen-bond acceptors (Lipinski definition) is 14. The first-order valence-electron chi connectivity index (χ1n) is 16.1. The van der Waals surface area contributed by atoms with Gasteiger partial charge in [0.2, 0.25) is 0 Å². The monoisotopic (exact) mass is 822 g/mol. The van der Waals surface area contributed by atoms with Gasteiger partial charge in [-0.1, -0.05) is 34.8 Å². The van der Waals surface area contributed by atoms with E-state index in [0.717, 1.165) is 0 Å². The second-order valence-corrected chi connectivity index (χ2v) is 12.4. The normalized spacial score (nSPS) is 12.1. The highest BCUT2D eigenvalue weighted by molar-refractivity contribution is 6.34. The van der Waals surface area contributed by atoms with Crippen LogP contribution in [-0.4, -0.2) is 99.7 Å². The van der Waals surface area contributed by atoms with E-state index in [0.29, 0.717) is 58.5 Å². The van der Waals surface area contributed by atoms with E-state index in [1.54, 1.807) is 0 Å². The lowest BCUT2D eigenvalue weighted by atomic mass is 10.1. The molecule has 3 aromatic rings. The second-order valence-electron chi connectivity index (χ2n) is 11.3. The molecule has 0 spiro atoms. The maximum absolute atomic E-state index is 12.6. The highest BCUT2D eigenvalue weighted by Gasteiger charge is 2.18. The van der Waals surface area contributed by atoms with Gasteiger partial charge in [0.05, 0.1) is 16.3 Å². The standard InChI is InChI=1S/C29H41Cl3N20O3/c30-13-10-12(14(33)11-15(13)34)24(53)49-27(39)42-4-1-7-52(8-2-5-43-28(40)50-25(54)16-20(35)47-22(37)18(31)45-16)9-3-6-44-29(41)51-26(55)17-21(36)48-23(38)19(32)46-17/h10-11H,1-9,33-34H2,(H4,35,37,47)(H4,36,38,48)(H3,39,42,49,53)(H3,40,43,50,54)(H3,41,44,51,55). The van der Waals surface area contributed by atoms with Crippen molar-refractivity contribution in [3.05, 3.63) is 44.4 Å². The fraction of sp³-hybridized carbons (Fsp3) is 0.310. The first-order valence-corrected chi connectivity index (χ1v) is 17.2. The van der Waals surface area contributed by atoms with E-state index in [4.69, 9.17) is 86.4 Å². The van der Waals surface area contributed by atoms with Crippen molar-refractivity contribution in [2.24, 2.45) is 32.2 Å². The van der Waals surface area contributed by atoms with Gasteiger partial charge in [-0.05, 0) is 51.0 Å². The molecule has 0 unspecified atom stereocenters. The molecule has 296 valence electrons. The molecular weight excluding hydrogens is 783 g/mol. The predicted molar refractivity (Wildman–Crippen MR) is 214 cm³/mol. The third-order valence-electron chi connectivity index (χ3n) is 7.15. The quantitative estimate of drug-likeness (QED) is 0.0368. The Morgan fingerprint density at radius 3 is 1.35 bits per heavy atom. The molecule has 0 aliphatic heterocycles. The van der Waals surface area contributed by atoms with Crippen LogP contribution in [0.25, 0.3) is 0 Å². The molecule has 0 bridgehead atoms. The van der Waals surface area contributed by atoms with Crippen LogP contribution in [0.3, 0.4) is 0 Å². The molecule has 21 N–H and O–H groups in total. The molecule has 0 radical (unpaired) electrons. The molecule has 0 atom stereocenters. The smallest absolute Gasteiger partial charge is 0.302 e. The van der Waals surface area contributed by atoms with Gasteiger partial charge in [0, 0.05) is 25.3 Å². The largest absolute Gasteiger partial charge is 0.398 e. The third kappa shape index (κ3) is 13.3. The van der Waals surface area contributed by atoms with Crippen LogP contribution in [0.5, 0.6) is 0 Å². The number of aliphatic imine (C=N–C) groups is 3. The first-order chi connectivity index (χ1) is 26.0. The van der Waals surface area contributed by atoms with E-state index < -0.39 is 17.7 Å². The van der Waals surface area contributed by atoms with Crippen LogP contribution in [0.4, 0.5) is 34.6 Å². The number of aromatic nitrogens is 4. The Balaban J connectivity index is 1.56. The van der Waals surface area contributed by atoms with Crippen LogP contribution in [0.15, 0.2) is 27.1 Å². The van der Waals surface area contributed by atoms with E-state index in [1.165, 1.54) is 12.1 Å². The van der Waals surface area contributed by atoms with Crippen molar-refractivity contribution < 1.29 is 14.4 Å². The van der Waals surface area contributed by atoms with Gasteiger partial charge in [0.25, 0.3) is 5.91 Å². The maximum Gasteiger partial charge on any atom is 0.302 e. The van der Waals surface area contributed by atoms with Crippen LogP contribution in [0.2, 0.25) is 15.3 Å². The molecule has 2 heterocycles. The Labute approximate surface area is 328 Å².